The van der Waals surface area contributed by atoms with E-state index in [1.54, 1.807) is 6.07 Å². The average Bonchev–Trinajstić information content (AvgIpc) is 2.89. The van der Waals surface area contributed by atoms with Crippen molar-refractivity contribution in [2.75, 3.05) is 13.2 Å². The molecule has 0 aliphatic carbocycles. The monoisotopic (exact) mass is 490 g/mol. The molecule has 36 heavy (non-hydrogen) atoms. The molecule has 0 radical (unpaired) electrons. The maximum absolute atomic E-state index is 13.4. The van der Waals surface area contributed by atoms with Crippen molar-refractivity contribution in [1.82, 2.24) is 0 Å². The molecule has 194 valence electrons. The second-order valence-corrected chi connectivity index (χ2v) is 9.48. The predicted octanol–water partition coefficient (Wildman–Crippen LogP) is 9.07. The molecule has 3 aromatic carbocycles. The van der Waals surface area contributed by atoms with Gasteiger partial charge in [0.2, 0.25) is 0 Å². The van der Waals surface area contributed by atoms with Crippen LogP contribution in [-0.4, -0.2) is 19.2 Å². The molecular weight excluding hydrogens is 448 g/mol. The molecule has 0 aliphatic rings. The predicted molar refractivity (Wildman–Crippen MR) is 149 cm³/mol. The van der Waals surface area contributed by atoms with Gasteiger partial charge in [-0.2, -0.15) is 0 Å². The van der Waals surface area contributed by atoms with E-state index >= 15 is 0 Å². The fourth-order valence-electron chi connectivity index (χ4n) is 4.34. The number of carbonyl (C=O) groups is 1. The van der Waals surface area contributed by atoms with E-state index < -0.39 is 5.97 Å². The van der Waals surface area contributed by atoms with Crippen LogP contribution in [0, 0.1) is 6.92 Å². The van der Waals surface area contributed by atoms with Gasteiger partial charge in [-0.05, 0) is 37.5 Å². The normalized spacial score (nSPS) is 11.0. The van der Waals surface area contributed by atoms with E-state index in [0.717, 1.165) is 42.0 Å². The van der Waals surface area contributed by atoms with Crippen molar-refractivity contribution in [3.8, 4) is 17.2 Å². The van der Waals surface area contributed by atoms with Crippen molar-refractivity contribution < 1.29 is 19.0 Å². The van der Waals surface area contributed by atoms with Crippen LogP contribution in [0.5, 0.6) is 17.2 Å². The molecule has 0 amide bonds. The van der Waals surface area contributed by atoms with Gasteiger partial charge in [-0.3, -0.25) is 0 Å². The number of rotatable bonds is 16. The summed E-state index contributed by atoms with van der Waals surface area (Å²) >= 11 is 0. The third-order valence-corrected chi connectivity index (χ3v) is 6.47. The van der Waals surface area contributed by atoms with Crippen LogP contribution in [0.25, 0.3) is 10.8 Å². The Hall–Kier alpha value is -3.01. The highest BCUT2D eigenvalue weighted by Gasteiger charge is 2.22. The van der Waals surface area contributed by atoms with Gasteiger partial charge >= 0.3 is 5.97 Å². The van der Waals surface area contributed by atoms with Gasteiger partial charge in [0, 0.05) is 10.8 Å². The summed E-state index contributed by atoms with van der Waals surface area (Å²) in [6, 6.07) is 17.4. The summed E-state index contributed by atoms with van der Waals surface area (Å²) < 4.78 is 18.3. The van der Waals surface area contributed by atoms with E-state index in [1.165, 1.54) is 38.5 Å². The van der Waals surface area contributed by atoms with E-state index in [2.05, 4.69) is 13.8 Å². The van der Waals surface area contributed by atoms with Crippen LogP contribution in [0.4, 0.5) is 0 Å². The van der Waals surface area contributed by atoms with Crippen molar-refractivity contribution in [2.24, 2.45) is 0 Å². The van der Waals surface area contributed by atoms with Crippen LogP contribution in [0.15, 0.2) is 54.6 Å². The average molecular weight is 491 g/mol. The van der Waals surface area contributed by atoms with Gasteiger partial charge in [0.25, 0.3) is 0 Å². The highest BCUT2D eigenvalue weighted by molar-refractivity contribution is 6.04. The molecule has 0 spiro atoms. The Morgan fingerprint density at radius 3 is 1.92 bits per heavy atom. The van der Waals surface area contributed by atoms with Crippen molar-refractivity contribution >= 4 is 16.7 Å². The number of ether oxygens (including phenoxy) is 3. The summed E-state index contributed by atoms with van der Waals surface area (Å²) in [6.45, 7) is 7.55. The summed E-state index contributed by atoms with van der Waals surface area (Å²) in [5.41, 5.74) is 1.32. The number of hydrogen-bond donors (Lipinski definition) is 0. The molecule has 4 heteroatoms. The Kier molecular flexibility index (Phi) is 11.6. The summed E-state index contributed by atoms with van der Waals surface area (Å²) in [4.78, 5) is 13.4. The molecule has 3 aromatic rings. The Morgan fingerprint density at radius 2 is 1.25 bits per heavy atom. The molecule has 0 atom stereocenters. The highest BCUT2D eigenvalue weighted by atomic mass is 16.5. The fourth-order valence-corrected chi connectivity index (χ4v) is 4.34. The number of fused-ring (bicyclic) bond motifs is 1. The first-order chi connectivity index (χ1) is 17.7. The number of unbranched alkanes of at least 4 members (excludes halogenated alkanes) is 8. The number of aryl methyl sites for hydroxylation is 1. The molecule has 0 unspecified atom stereocenters. The quantitative estimate of drug-likeness (QED) is 0.114. The minimum absolute atomic E-state index is 0.409. The highest BCUT2D eigenvalue weighted by Crippen LogP contribution is 2.38. The molecule has 0 heterocycles. The van der Waals surface area contributed by atoms with Crippen molar-refractivity contribution in [3.63, 3.8) is 0 Å². The summed E-state index contributed by atoms with van der Waals surface area (Å²) in [5, 5.41) is 1.84. The van der Waals surface area contributed by atoms with Gasteiger partial charge in [0.05, 0.1) is 13.2 Å². The zero-order valence-corrected chi connectivity index (χ0v) is 22.3. The SMILES string of the molecule is CCCCCCCOc1cc(C(=O)Oc2ccccc2C)c(OCCCCCCC)c2ccccc12. The summed E-state index contributed by atoms with van der Waals surface area (Å²) in [7, 11) is 0. The van der Waals surface area contributed by atoms with Gasteiger partial charge in [-0.15, -0.1) is 0 Å². The molecule has 0 fully saturated rings. The number of benzene rings is 3. The van der Waals surface area contributed by atoms with Crippen LogP contribution in [0.3, 0.4) is 0 Å². The largest absolute Gasteiger partial charge is 0.493 e. The zero-order valence-electron chi connectivity index (χ0n) is 22.3. The molecule has 0 N–H and O–H groups in total. The maximum atomic E-state index is 13.4. The number of carbonyl (C=O) groups excluding carboxylic acids is 1. The topological polar surface area (TPSA) is 44.8 Å². The van der Waals surface area contributed by atoms with Gasteiger partial charge in [0.1, 0.15) is 22.8 Å². The lowest BCUT2D eigenvalue weighted by Gasteiger charge is -2.18. The van der Waals surface area contributed by atoms with Gasteiger partial charge < -0.3 is 14.2 Å². The molecule has 4 nitrogen and oxygen atoms in total. The zero-order chi connectivity index (χ0) is 25.6. The van der Waals surface area contributed by atoms with E-state index in [1.807, 2.05) is 55.5 Å². The van der Waals surface area contributed by atoms with Gasteiger partial charge in [0.15, 0.2) is 0 Å². The smallest absolute Gasteiger partial charge is 0.347 e. The molecule has 0 bridgehead atoms. The van der Waals surface area contributed by atoms with Crippen LogP contribution in [0.2, 0.25) is 0 Å². The minimum atomic E-state index is -0.427. The standard InChI is InChI=1S/C32H42O4/c1-4-6-8-10-16-22-34-30-24-28(32(33)36-29-21-15-12-18-25(29)3)31(27-20-14-13-19-26(27)30)35-23-17-11-9-7-5-2/h12-15,18-21,24H,4-11,16-17,22-23H2,1-3H3. The third-order valence-electron chi connectivity index (χ3n) is 6.47. The third kappa shape index (κ3) is 8.01. The van der Waals surface area contributed by atoms with Gasteiger partial charge in [-0.25, -0.2) is 4.79 Å². The van der Waals surface area contributed by atoms with Crippen LogP contribution in [-0.2, 0) is 0 Å². The molecule has 0 saturated carbocycles. The second-order valence-electron chi connectivity index (χ2n) is 9.48. The molecule has 0 aromatic heterocycles. The first kappa shape index (κ1) is 27.6. The van der Waals surface area contributed by atoms with Gasteiger partial charge in [-0.1, -0.05) is 108 Å². The van der Waals surface area contributed by atoms with Crippen LogP contribution < -0.4 is 14.2 Å². The van der Waals surface area contributed by atoms with E-state index in [9.17, 15) is 4.79 Å². The first-order valence-electron chi connectivity index (χ1n) is 13.7. The van der Waals surface area contributed by atoms with Crippen LogP contribution in [0.1, 0.15) is 94.0 Å². The Bertz CT molecular complexity index is 1090. The van der Waals surface area contributed by atoms with Crippen molar-refractivity contribution in [1.29, 1.82) is 0 Å². The molecule has 0 saturated heterocycles. The number of esters is 1. The summed E-state index contributed by atoms with van der Waals surface area (Å²) in [6.07, 6.45) is 11.6. The Balaban J connectivity index is 1.87. The van der Waals surface area contributed by atoms with E-state index in [4.69, 9.17) is 14.2 Å². The lowest BCUT2D eigenvalue weighted by atomic mass is 10.0. The second kappa shape index (κ2) is 15.2. The molecule has 0 aliphatic heterocycles. The molecular formula is C32H42O4. The minimum Gasteiger partial charge on any atom is -0.493 e. The van der Waals surface area contributed by atoms with Crippen molar-refractivity contribution in [3.05, 3.63) is 65.7 Å². The Labute approximate surface area is 217 Å². The first-order valence-corrected chi connectivity index (χ1v) is 13.7. The lowest BCUT2D eigenvalue weighted by Crippen LogP contribution is -2.13. The van der Waals surface area contributed by atoms with Crippen molar-refractivity contribution in [2.45, 2.75) is 85.0 Å². The van der Waals surface area contributed by atoms with Crippen LogP contribution >= 0.6 is 0 Å². The molecule has 3 rings (SSSR count). The fraction of sp³-hybridized carbons (Fsp3) is 0.469. The van der Waals surface area contributed by atoms with E-state index in [0.29, 0.717) is 36.0 Å². The maximum Gasteiger partial charge on any atom is 0.347 e. The number of para-hydroxylation sites is 1. The Morgan fingerprint density at radius 1 is 0.667 bits per heavy atom. The lowest BCUT2D eigenvalue weighted by molar-refractivity contribution is 0.0728. The number of hydrogen-bond acceptors (Lipinski definition) is 4. The van der Waals surface area contributed by atoms with E-state index in [-0.39, 0.29) is 0 Å². The summed E-state index contributed by atoms with van der Waals surface area (Å²) in [5.74, 6) is 1.41.